The van der Waals surface area contributed by atoms with Crippen molar-refractivity contribution in [3.05, 3.63) is 22.2 Å². The fourth-order valence-corrected chi connectivity index (χ4v) is 4.29. The molecule has 1 aromatic rings. The molecule has 0 radical (unpaired) electrons. The average Bonchev–Trinajstić information content (AvgIpc) is 2.30. The van der Waals surface area contributed by atoms with Gasteiger partial charge in [0.25, 0.3) is 0 Å². The maximum absolute atomic E-state index is 10.9. The Hall–Kier alpha value is -0.270. The zero-order valence-corrected chi connectivity index (χ0v) is 11.4. The lowest BCUT2D eigenvalue weighted by atomic mass is 10.3. The molecule has 1 N–H and O–H groups in total. The molecule has 4 nitrogen and oxygen atoms in total. The van der Waals surface area contributed by atoms with Crippen LogP contribution >= 0.6 is 39.5 Å². The first-order valence-corrected chi connectivity index (χ1v) is 7.63. The van der Waals surface area contributed by atoms with Crippen LogP contribution in [0.4, 0.5) is 0 Å². The number of carboxylic acid groups (broad SMARTS) is 1. The molecule has 7 heteroatoms. The number of thioether (sulfide) groups is 2. The SMILES string of the molecule is O=C(O)c1nc(C2CSCCS2)ncc1Br. The lowest BCUT2D eigenvalue weighted by molar-refractivity contribution is 0.0688. The number of halogens is 1. The van der Waals surface area contributed by atoms with E-state index in [-0.39, 0.29) is 10.9 Å². The molecule has 0 bridgehead atoms. The summed E-state index contributed by atoms with van der Waals surface area (Å²) in [5.41, 5.74) is 0.0428. The van der Waals surface area contributed by atoms with Crippen LogP contribution in [0.3, 0.4) is 0 Å². The van der Waals surface area contributed by atoms with Gasteiger partial charge in [-0.15, -0.1) is 11.8 Å². The molecule has 1 aromatic heterocycles. The predicted molar refractivity (Wildman–Crippen MR) is 69.2 cm³/mol. The van der Waals surface area contributed by atoms with Gasteiger partial charge in [0.05, 0.1) is 9.72 Å². The Morgan fingerprint density at radius 3 is 3.00 bits per heavy atom. The van der Waals surface area contributed by atoms with Crippen LogP contribution in [0.5, 0.6) is 0 Å². The van der Waals surface area contributed by atoms with E-state index in [0.29, 0.717) is 10.3 Å². The highest BCUT2D eigenvalue weighted by molar-refractivity contribution is 9.10. The van der Waals surface area contributed by atoms with E-state index in [9.17, 15) is 4.79 Å². The van der Waals surface area contributed by atoms with Crippen LogP contribution in [-0.2, 0) is 0 Å². The molecule has 16 heavy (non-hydrogen) atoms. The monoisotopic (exact) mass is 320 g/mol. The zero-order chi connectivity index (χ0) is 11.5. The first-order chi connectivity index (χ1) is 7.68. The predicted octanol–water partition coefficient (Wildman–Crippen LogP) is 2.46. The first kappa shape index (κ1) is 12.2. The topological polar surface area (TPSA) is 63.1 Å². The second-order valence-corrected chi connectivity index (χ2v) is 6.48. The van der Waals surface area contributed by atoms with Crippen LogP contribution in [0.1, 0.15) is 21.6 Å². The smallest absolute Gasteiger partial charge is 0.355 e. The number of nitrogens with zero attached hydrogens (tertiary/aromatic N) is 2. The molecular formula is C9H9BrN2O2S2. The molecule has 0 spiro atoms. The van der Waals surface area contributed by atoms with Crippen LogP contribution in [0.25, 0.3) is 0 Å². The molecular weight excluding hydrogens is 312 g/mol. The summed E-state index contributed by atoms with van der Waals surface area (Å²) in [4.78, 5) is 19.2. The fourth-order valence-electron chi connectivity index (χ4n) is 1.32. The Morgan fingerprint density at radius 2 is 2.38 bits per heavy atom. The minimum absolute atomic E-state index is 0.0428. The van der Waals surface area contributed by atoms with Gasteiger partial charge in [-0.05, 0) is 15.9 Å². The number of rotatable bonds is 2. The van der Waals surface area contributed by atoms with E-state index < -0.39 is 5.97 Å². The Balaban J connectivity index is 2.27. The number of aromatic carboxylic acids is 1. The molecule has 1 fully saturated rings. The van der Waals surface area contributed by atoms with Gasteiger partial charge in [0.2, 0.25) is 0 Å². The molecule has 86 valence electrons. The van der Waals surface area contributed by atoms with E-state index in [1.54, 1.807) is 11.8 Å². The van der Waals surface area contributed by atoms with Gasteiger partial charge in [-0.3, -0.25) is 0 Å². The highest BCUT2D eigenvalue weighted by atomic mass is 79.9. The van der Waals surface area contributed by atoms with Crippen molar-refractivity contribution < 1.29 is 9.90 Å². The molecule has 2 rings (SSSR count). The summed E-state index contributed by atoms with van der Waals surface area (Å²) in [5, 5.41) is 9.17. The Morgan fingerprint density at radius 1 is 1.56 bits per heavy atom. The number of aromatic nitrogens is 2. The van der Waals surface area contributed by atoms with E-state index in [4.69, 9.17) is 5.11 Å². The summed E-state index contributed by atoms with van der Waals surface area (Å²) >= 11 is 6.78. The molecule has 2 heterocycles. The van der Waals surface area contributed by atoms with E-state index in [1.165, 1.54) is 6.20 Å². The third-order valence-corrected chi connectivity index (χ3v) is 5.40. The lowest BCUT2D eigenvalue weighted by Gasteiger charge is -2.19. The third kappa shape index (κ3) is 2.70. The van der Waals surface area contributed by atoms with Crippen LogP contribution in [-0.4, -0.2) is 38.3 Å². The van der Waals surface area contributed by atoms with Crippen molar-refractivity contribution in [1.82, 2.24) is 9.97 Å². The van der Waals surface area contributed by atoms with Gasteiger partial charge in [-0.1, -0.05) is 0 Å². The van der Waals surface area contributed by atoms with E-state index in [0.717, 1.165) is 17.3 Å². The van der Waals surface area contributed by atoms with Crippen molar-refractivity contribution >= 4 is 45.4 Å². The van der Waals surface area contributed by atoms with Gasteiger partial charge in [0, 0.05) is 23.5 Å². The van der Waals surface area contributed by atoms with Gasteiger partial charge >= 0.3 is 5.97 Å². The van der Waals surface area contributed by atoms with Crippen molar-refractivity contribution in [1.29, 1.82) is 0 Å². The molecule has 1 aliphatic heterocycles. The van der Waals surface area contributed by atoms with Crippen molar-refractivity contribution in [2.24, 2.45) is 0 Å². The number of hydrogen-bond acceptors (Lipinski definition) is 5. The van der Waals surface area contributed by atoms with Gasteiger partial charge in [0.15, 0.2) is 5.69 Å². The first-order valence-electron chi connectivity index (χ1n) is 4.63. The molecule has 1 unspecified atom stereocenters. The molecule has 0 aliphatic carbocycles. The van der Waals surface area contributed by atoms with Crippen LogP contribution in [0, 0.1) is 0 Å². The summed E-state index contributed by atoms with van der Waals surface area (Å²) in [6.07, 6.45) is 1.52. The Kier molecular flexibility index (Phi) is 4.10. The molecule has 0 amide bonds. The molecule has 1 atom stereocenters. The summed E-state index contributed by atoms with van der Waals surface area (Å²) in [6.45, 7) is 0. The third-order valence-electron chi connectivity index (χ3n) is 2.07. The van der Waals surface area contributed by atoms with Crippen molar-refractivity contribution in [2.75, 3.05) is 17.3 Å². The van der Waals surface area contributed by atoms with Crippen molar-refractivity contribution in [2.45, 2.75) is 5.25 Å². The highest BCUT2D eigenvalue weighted by Crippen LogP contribution is 2.35. The van der Waals surface area contributed by atoms with Crippen molar-refractivity contribution in [3.8, 4) is 0 Å². The van der Waals surface area contributed by atoms with Gasteiger partial charge in [-0.25, -0.2) is 14.8 Å². The maximum atomic E-state index is 10.9. The second kappa shape index (κ2) is 5.37. The van der Waals surface area contributed by atoms with Crippen LogP contribution < -0.4 is 0 Å². The summed E-state index contributed by atoms with van der Waals surface area (Å²) in [7, 11) is 0. The van der Waals surface area contributed by atoms with Gasteiger partial charge < -0.3 is 5.11 Å². The fraction of sp³-hybridized carbons (Fsp3) is 0.444. The average molecular weight is 321 g/mol. The second-order valence-electron chi connectivity index (χ2n) is 3.16. The molecule has 0 aromatic carbocycles. The van der Waals surface area contributed by atoms with E-state index in [1.807, 2.05) is 11.8 Å². The highest BCUT2D eigenvalue weighted by Gasteiger charge is 2.21. The van der Waals surface area contributed by atoms with Gasteiger partial charge in [-0.2, -0.15) is 11.8 Å². The van der Waals surface area contributed by atoms with Crippen molar-refractivity contribution in [3.63, 3.8) is 0 Å². The largest absolute Gasteiger partial charge is 0.476 e. The lowest BCUT2D eigenvalue weighted by Crippen LogP contribution is -2.13. The Labute approximate surface area is 110 Å². The summed E-state index contributed by atoms with van der Waals surface area (Å²) in [6, 6.07) is 0. The maximum Gasteiger partial charge on any atom is 0.355 e. The standard InChI is InChI=1S/C9H9BrN2O2S2/c10-5-3-11-8(12-7(5)9(13)14)6-4-15-1-2-16-6/h3,6H,1-2,4H2,(H,13,14). The Bertz CT molecular complexity index is 410. The molecule has 1 aliphatic rings. The van der Waals surface area contributed by atoms with Crippen LogP contribution in [0.2, 0.25) is 0 Å². The molecule has 1 saturated heterocycles. The number of carbonyl (C=O) groups is 1. The number of hydrogen-bond donors (Lipinski definition) is 1. The minimum Gasteiger partial charge on any atom is -0.476 e. The number of carboxylic acids is 1. The van der Waals surface area contributed by atoms with E-state index >= 15 is 0 Å². The molecule has 0 saturated carbocycles. The van der Waals surface area contributed by atoms with E-state index in [2.05, 4.69) is 25.9 Å². The zero-order valence-electron chi connectivity index (χ0n) is 8.22. The quantitative estimate of drug-likeness (QED) is 0.903. The van der Waals surface area contributed by atoms with Gasteiger partial charge in [0.1, 0.15) is 5.82 Å². The van der Waals surface area contributed by atoms with Crippen LogP contribution in [0.15, 0.2) is 10.7 Å². The minimum atomic E-state index is -1.02. The summed E-state index contributed by atoms with van der Waals surface area (Å²) in [5.74, 6) is 2.76. The summed E-state index contributed by atoms with van der Waals surface area (Å²) < 4.78 is 0.428. The normalized spacial score (nSPS) is 20.7.